The van der Waals surface area contributed by atoms with Gasteiger partial charge in [-0.25, -0.2) is 4.79 Å². The minimum absolute atomic E-state index is 0.218. The molecule has 0 bridgehead atoms. The monoisotopic (exact) mass is 331 g/mol. The van der Waals surface area contributed by atoms with Crippen molar-refractivity contribution in [3.8, 4) is 0 Å². The maximum Gasteiger partial charge on any atom is 0.319 e. The first-order chi connectivity index (χ1) is 12.2. The number of hydrogen-bond acceptors (Lipinski definition) is 2. The molecule has 0 atom stereocenters. The molecule has 0 saturated carbocycles. The van der Waals surface area contributed by atoms with Gasteiger partial charge in [-0.2, -0.15) is 0 Å². The lowest BCUT2D eigenvalue weighted by Crippen LogP contribution is -2.28. The number of anilines is 3. The molecule has 0 heterocycles. The largest absolute Gasteiger partial charge is 0.356 e. The van der Waals surface area contributed by atoms with Gasteiger partial charge in [0.1, 0.15) is 0 Å². The van der Waals surface area contributed by atoms with E-state index in [2.05, 4.69) is 16.0 Å². The molecule has 3 aromatic carbocycles. The standard InChI is InChI=1S/C21H21N3O/c1-16-7-9-17(10-8-16)15-22-21(25)24-20-13-11-19(12-14-20)23-18-5-3-2-4-6-18/h2-14,23H,15H2,1H3,(H2,22,24,25). The predicted octanol–water partition coefficient (Wildman–Crippen LogP) is 5.06. The quantitative estimate of drug-likeness (QED) is 0.612. The zero-order chi connectivity index (χ0) is 17.5. The molecule has 0 unspecified atom stereocenters. The third-order valence-electron chi connectivity index (χ3n) is 3.78. The summed E-state index contributed by atoms with van der Waals surface area (Å²) in [7, 11) is 0. The van der Waals surface area contributed by atoms with Crippen LogP contribution in [-0.4, -0.2) is 6.03 Å². The fourth-order valence-electron chi connectivity index (χ4n) is 2.39. The van der Waals surface area contributed by atoms with Crippen LogP contribution >= 0.6 is 0 Å². The average molecular weight is 331 g/mol. The van der Waals surface area contributed by atoms with Crippen molar-refractivity contribution in [2.24, 2.45) is 0 Å². The molecular weight excluding hydrogens is 310 g/mol. The Hall–Kier alpha value is -3.27. The van der Waals surface area contributed by atoms with E-state index in [4.69, 9.17) is 0 Å². The number of carbonyl (C=O) groups excluding carboxylic acids is 1. The summed E-state index contributed by atoms with van der Waals surface area (Å²) in [4.78, 5) is 12.0. The maximum absolute atomic E-state index is 12.0. The van der Waals surface area contributed by atoms with Gasteiger partial charge in [0.15, 0.2) is 0 Å². The fraction of sp³-hybridized carbons (Fsp3) is 0.0952. The van der Waals surface area contributed by atoms with Crippen LogP contribution in [-0.2, 0) is 6.54 Å². The Bertz CT molecular complexity index is 812. The number of urea groups is 1. The number of amides is 2. The molecule has 2 amide bonds. The van der Waals surface area contributed by atoms with E-state index in [0.717, 1.165) is 22.6 Å². The summed E-state index contributed by atoms with van der Waals surface area (Å²) in [5.74, 6) is 0. The highest BCUT2D eigenvalue weighted by Crippen LogP contribution is 2.18. The van der Waals surface area contributed by atoms with Crippen LogP contribution in [0.5, 0.6) is 0 Å². The number of hydrogen-bond donors (Lipinski definition) is 3. The lowest BCUT2D eigenvalue weighted by molar-refractivity contribution is 0.251. The van der Waals surface area contributed by atoms with Gasteiger partial charge in [-0.3, -0.25) is 0 Å². The molecule has 4 nitrogen and oxygen atoms in total. The van der Waals surface area contributed by atoms with Gasteiger partial charge < -0.3 is 16.0 Å². The highest BCUT2D eigenvalue weighted by Gasteiger charge is 2.02. The number of carbonyl (C=O) groups is 1. The second-order valence-electron chi connectivity index (χ2n) is 5.86. The van der Waals surface area contributed by atoms with Crippen LogP contribution in [0.4, 0.5) is 21.9 Å². The minimum Gasteiger partial charge on any atom is -0.356 e. The summed E-state index contributed by atoms with van der Waals surface area (Å²) in [5, 5.41) is 9.00. The van der Waals surface area contributed by atoms with Gasteiger partial charge >= 0.3 is 6.03 Å². The maximum atomic E-state index is 12.0. The second-order valence-corrected chi connectivity index (χ2v) is 5.86. The molecule has 0 radical (unpaired) electrons. The van der Waals surface area contributed by atoms with E-state index in [1.807, 2.05) is 85.8 Å². The van der Waals surface area contributed by atoms with Crippen molar-refractivity contribution in [2.75, 3.05) is 10.6 Å². The predicted molar refractivity (Wildman–Crippen MR) is 103 cm³/mol. The summed E-state index contributed by atoms with van der Waals surface area (Å²) < 4.78 is 0. The third-order valence-corrected chi connectivity index (χ3v) is 3.78. The van der Waals surface area contributed by atoms with Gasteiger partial charge in [0.2, 0.25) is 0 Å². The zero-order valence-corrected chi connectivity index (χ0v) is 14.1. The van der Waals surface area contributed by atoms with Crippen molar-refractivity contribution in [3.63, 3.8) is 0 Å². The van der Waals surface area contributed by atoms with E-state index in [1.54, 1.807) is 0 Å². The summed E-state index contributed by atoms with van der Waals surface area (Å²) in [6.45, 7) is 2.54. The number of para-hydroxylation sites is 1. The lowest BCUT2D eigenvalue weighted by atomic mass is 10.1. The van der Waals surface area contributed by atoms with Crippen LogP contribution in [0.1, 0.15) is 11.1 Å². The van der Waals surface area contributed by atoms with E-state index in [9.17, 15) is 4.79 Å². The van der Waals surface area contributed by atoms with Crippen molar-refractivity contribution < 1.29 is 4.79 Å². The molecule has 0 saturated heterocycles. The van der Waals surface area contributed by atoms with Crippen LogP contribution < -0.4 is 16.0 Å². The fourth-order valence-corrected chi connectivity index (χ4v) is 2.39. The van der Waals surface area contributed by atoms with E-state index in [1.165, 1.54) is 5.56 Å². The molecule has 0 aliphatic heterocycles. The molecule has 4 heteroatoms. The molecule has 3 N–H and O–H groups in total. The van der Waals surface area contributed by atoms with Crippen molar-refractivity contribution in [1.82, 2.24) is 5.32 Å². The normalized spacial score (nSPS) is 10.1. The summed E-state index contributed by atoms with van der Waals surface area (Å²) in [5.41, 5.74) is 5.02. The lowest BCUT2D eigenvalue weighted by Gasteiger charge is -2.10. The number of benzene rings is 3. The van der Waals surface area contributed by atoms with Gasteiger partial charge in [0.25, 0.3) is 0 Å². The first-order valence-electron chi connectivity index (χ1n) is 8.21. The average Bonchev–Trinajstić information content (AvgIpc) is 2.64. The van der Waals surface area contributed by atoms with E-state index in [-0.39, 0.29) is 6.03 Å². The Kier molecular flexibility index (Phi) is 5.32. The highest BCUT2D eigenvalue weighted by atomic mass is 16.2. The summed E-state index contributed by atoms with van der Waals surface area (Å²) >= 11 is 0. The van der Waals surface area contributed by atoms with E-state index < -0.39 is 0 Å². The van der Waals surface area contributed by atoms with Crippen molar-refractivity contribution >= 4 is 23.1 Å². The van der Waals surface area contributed by atoms with Crippen molar-refractivity contribution in [1.29, 1.82) is 0 Å². The Morgan fingerprint density at radius 2 is 1.36 bits per heavy atom. The van der Waals surface area contributed by atoms with Crippen LogP contribution in [0.15, 0.2) is 78.9 Å². The Labute approximate surface area is 147 Å². The molecule has 25 heavy (non-hydrogen) atoms. The molecule has 3 rings (SSSR count). The number of rotatable bonds is 5. The van der Waals surface area contributed by atoms with Crippen molar-refractivity contribution in [2.45, 2.75) is 13.5 Å². The Morgan fingerprint density at radius 1 is 0.760 bits per heavy atom. The Balaban J connectivity index is 1.50. The van der Waals surface area contributed by atoms with Crippen LogP contribution in [0.3, 0.4) is 0 Å². The first kappa shape index (κ1) is 16.6. The SMILES string of the molecule is Cc1ccc(CNC(=O)Nc2ccc(Nc3ccccc3)cc2)cc1. The van der Waals surface area contributed by atoms with E-state index in [0.29, 0.717) is 6.54 Å². The first-order valence-corrected chi connectivity index (χ1v) is 8.21. The number of nitrogens with one attached hydrogen (secondary N) is 3. The molecule has 0 aromatic heterocycles. The Morgan fingerprint density at radius 3 is 2.04 bits per heavy atom. The molecular formula is C21H21N3O. The highest BCUT2D eigenvalue weighted by molar-refractivity contribution is 5.89. The second kappa shape index (κ2) is 8.02. The van der Waals surface area contributed by atoms with Gasteiger partial charge in [-0.15, -0.1) is 0 Å². The molecule has 0 fully saturated rings. The summed E-state index contributed by atoms with van der Waals surface area (Å²) in [6, 6.07) is 25.4. The molecule has 0 aliphatic carbocycles. The van der Waals surface area contributed by atoms with Crippen LogP contribution in [0, 0.1) is 6.92 Å². The van der Waals surface area contributed by atoms with Gasteiger partial charge in [-0.1, -0.05) is 48.0 Å². The summed E-state index contributed by atoms with van der Waals surface area (Å²) in [6.07, 6.45) is 0. The number of aryl methyl sites for hydroxylation is 1. The molecule has 0 spiro atoms. The molecule has 3 aromatic rings. The molecule has 126 valence electrons. The van der Waals surface area contributed by atoms with Gasteiger partial charge in [-0.05, 0) is 48.9 Å². The minimum atomic E-state index is -0.218. The van der Waals surface area contributed by atoms with Gasteiger partial charge in [0.05, 0.1) is 0 Å². The van der Waals surface area contributed by atoms with Crippen molar-refractivity contribution in [3.05, 3.63) is 90.0 Å². The zero-order valence-electron chi connectivity index (χ0n) is 14.1. The van der Waals surface area contributed by atoms with Crippen LogP contribution in [0.2, 0.25) is 0 Å². The third kappa shape index (κ3) is 5.11. The van der Waals surface area contributed by atoms with E-state index >= 15 is 0 Å². The topological polar surface area (TPSA) is 53.2 Å². The smallest absolute Gasteiger partial charge is 0.319 e. The molecule has 0 aliphatic rings. The van der Waals surface area contributed by atoms with Gasteiger partial charge in [0, 0.05) is 23.6 Å². The van der Waals surface area contributed by atoms with Crippen LogP contribution in [0.25, 0.3) is 0 Å².